The Morgan fingerprint density at radius 2 is 1.78 bits per heavy atom. The van der Waals surface area contributed by atoms with E-state index in [4.69, 9.17) is 16.7 Å². The predicted molar refractivity (Wildman–Crippen MR) is 69.4 cm³/mol. The van der Waals surface area contributed by atoms with Crippen LogP contribution < -0.4 is 5.32 Å². The Morgan fingerprint density at radius 1 is 1.28 bits per heavy atom. The fourth-order valence-electron chi connectivity index (χ4n) is 1.31. The zero-order chi connectivity index (χ0) is 13.9. The largest absolute Gasteiger partial charge is 0.480 e. The molecule has 1 atom stereocenters. The van der Waals surface area contributed by atoms with Gasteiger partial charge in [0.2, 0.25) is 5.91 Å². The van der Waals surface area contributed by atoms with Gasteiger partial charge in [0, 0.05) is 5.02 Å². The minimum absolute atomic E-state index is 0.270. The lowest BCUT2D eigenvalue weighted by atomic mass is 9.92. The molecule has 5 heteroatoms. The number of carboxylic acids is 1. The Labute approximate surface area is 111 Å². The van der Waals surface area contributed by atoms with Gasteiger partial charge in [-0.15, -0.1) is 0 Å². The zero-order valence-corrected chi connectivity index (χ0v) is 11.3. The van der Waals surface area contributed by atoms with E-state index in [2.05, 4.69) is 5.32 Å². The summed E-state index contributed by atoms with van der Waals surface area (Å²) in [5.74, 6) is -1.67. The first-order valence-corrected chi connectivity index (χ1v) is 5.92. The highest BCUT2D eigenvalue weighted by molar-refractivity contribution is 6.30. The summed E-state index contributed by atoms with van der Waals surface area (Å²) in [5, 5.41) is 12.2. The summed E-state index contributed by atoms with van der Waals surface area (Å²) in [5.41, 5.74) is -0.574. The molecule has 0 radical (unpaired) electrons. The Balaban J connectivity index is 2.76. The van der Waals surface area contributed by atoms with Crippen molar-refractivity contribution in [3.05, 3.63) is 34.9 Å². The zero-order valence-electron chi connectivity index (χ0n) is 10.5. The SMILES string of the molecule is CC(NC(=O)C(C)(C)C(=O)O)c1ccc(Cl)cc1. The van der Waals surface area contributed by atoms with Crippen LogP contribution >= 0.6 is 11.6 Å². The fraction of sp³-hybridized carbons (Fsp3) is 0.385. The molecule has 0 saturated heterocycles. The molecule has 0 aromatic heterocycles. The van der Waals surface area contributed by atoms with Crippen LogP contribution in [0, 0.1) is 5.41 Å². The smallest absolute Gasteiger partial charge is 0.318 e. The first kappa shape index (κ1) is 14.5. The number of halogens is 1. The molecule has 0 aliphatic rings. The molecule has 1 aromatic rings. The standard InChI is InChI=1S/C13H16ClNO3/c1-8(9-4-6-10(14)7-5-9)15-11(16)13(2,3)12(17)18/h4-8H,1-3H3,(H,15,16)(H,17,18). The molecule has 0 aliphatic heterocycles. The van der Waals surface area contributed by atoms with Crippen molar-refractivity contribution in [3.8, 4) is 0 Å². The minimum Gasteiger partial charge on any atom is -0.480 e. The third kappa shape index (κ3) is 3.23. The molecule has 1 amide bonds. The van der Waals surface area contributed by atoms with E-state index in [9.17, 15) is 9.59 Å². The highest BCUT2D eigenvalue weighted by atomic mass is 35.5. The van der Waals surface area contributed by atoms with Crippen molar-refractivity contribution >= 4 is 23.5 Å². The third-order valence-corrected chi connectivity index (χ3v) is 3.07. The van der Waals surface area contributed by atoms with Gasteiger partial charge in [-0.05, 0) is 38.5 Å². The number of nitrogens with one attached hydrogen (secondary N) is 1. The van der Waals surface area contributed by atoms with Crippen LogP contribution in [0.15, 0.2) is 24.3 Å². The van der Waals surface area contributed by atoms with Crippen LogP contribution in [0.5, 0.6) is 0 Å². The Bertz CT molecular complexity index is 454. The molecule has 4 nitrogen and oxygen atoms in total. The molecule has 0 fully saturated rings. The second kappa shape index (κ2) is 5.40. The number of amides is 1. The van der Waals surface area contributed by atoms with Gasteiger partial charge >= 0.3 is 5.97 Å². The lowest BCUT2D eigenvalue weighted by Gasteiger charge is -2.22. The number of benzene rings is 1. The first-order valence-electron chi connectivity index (χ1n) is 5.55. The maximum Gasteiger partial charge on any atom is 0.318 e. The van der Waals surface area contributed by atoms with Crippen LogP contribution in [0.3, 0.4) is 0 Å². The number of carbonyl (C=O) groups is 2. The molecule has 18 heavy (non-hydrogen) atoms. The Kier molecular flexibility index (Phi) is 4.35. The van der Waals surface area contributed by atoms with E-state index in [1.807, 2.05) is 0 Å². The summed E-state index contributed by atoms with van der Waals surface area (Å²) in [4.78, 5) is 22.8. The van der Waals surface area contributed by atoms with Gasteiger partial charge in [-0.25, -0.2) is 0 Å². The first-order chi connectivity index (χ1) is 8.25. The van der Waals surface area contributed by atoms with Gasteiger partial charge in [-0.1, -0.05) is 23.7 Å². The van der Waals surface area contributed by atoms with Crippen LogP contribution in [0.25, 0.3) is 0 Å². The van der Waals surface area contributed by atoms with E-state index in [1.54, 1.807) is 31.2 Å². The van der Waals surface area contributed by atoms with Gasteiger partial charge in [0.1, 0.15) is 5.41 Å². The van der Waals surface area contributed by atoms with Crippen molar-refractivity contribution in [1.29, 1.82) is 0 Å². The number of rotatable bonds is 4. The molecule has 1 rings (SSSR count). The van der Waals surface area contributed by atoms with Crippen molar-refractivity contribution in [2.24, 2.45) is 5.41 Å². The average Bonchev–Trinajstić information content (AvgIpc) is 2.29. The molecule has 98 valence electrons. The number of carbonyl (C=O) groups excluding carboxylic acids is 1. The van der Waals surface area contributed by atoms with Crippen molar-refractivity contribution < 1.29 is 14.7 Å². The lowest BCUT2D eigenvalue weighted by Crippen LogP contribution is -2.43. The molecule has 0 aliphatic carbocycles. The molecule has 0 spiro atoms. The molecular formula is C13H16ClNO3. The highest BCUT2D eigenvalue weighted by Gasteiger charge is 2.36. The molecule has 1 aromatic carbocycles. The van der Waals surface area contributed by atoms with Crippen LogP contribution in [0.4, 0.5) is 0 Å². The van der Waals surface area contributed by atoms with E-state index < -0.39 is 17.3 Å². The van der Waals surface area contributed by atoms with E-state index >= 15 is 0 Å². The van der Waals surface area contributed by atoms with Crippen LogP contribution in [-0.4, -0.2) is 17.0 Å². The van der Waals surface area contributed by atoms with E-state index in [1.165, 1.54) is 13.8 Å². The van der Waals surface area contributed by atoms with Crippen molar-refractivity contribution in [2.45, 2.75) is 26.8 Å². The van der Waals surface area contributed by atoms with Crippen LogP contribution in [0.1, 0.15) is 32.4 Å². The summed E-state index contributed by atoms with van der Waals surface area (Å²) in [6.45, 7) is 4.54. The van der Waals surface area contributed by atoms with Gasteiger partial charge in [-0.2, -0.15) is 0 Å². The van der Waals surface area contributed by atoms with Gasteiger partial charge in [-0.3, -0.25) is 9.59 Å². The Morgan fingerprint density at radius 3 is 2.22 bits per heavy atom. The minimum atomic E-state index is -1.44. The maximum absolute atomic E-state index is 11.8. The molecule has 0 heterocycles. The van der Waals surface area contributed by atoms with Crippen molar-refractivity contribution in [3.63, 3.8) is 0 Å². The highest BCUT2D eigenvalue weighted by Crippen LogP contribution is 2.20. The summed E-state index contributed by atoms with van der Waals surface area (Å²) in [7, 11) is 0. The van der Waals surface area contributed by atoms with E-state index in [0.717, 1.165) is 5.56 Å². The third-order valence-electron chi connectivity index (χ3n) is 2.82. The van der Waals surface area contributed by atoms with Gasteiger partial charge in [0.25, 0.3) is 0 Å². The summed E-state index contributed by atoms with van der Waals surface area (Å²) in [6, 6.07) is 6.76. The summed E-state index contributed by atoms with van der Waals surface area (Å²) >= 11 is 5.77. The van der Waals surface area contributed by atoms with Gasteiger partial charge < -0.3 is 10.4 Å². The van der Waals surface area contributed by atoms with Crippen LogP contribution in [-0.2, 0) is 9.59 Å². The van der Waals surface area contributed by atoms with Crippen LogP contribution in [0.2, 0.25) is 5.02 Å². The van der Waals surface area contributed by atoms with E-state index in [-0.39, 0.29) is 6.04 Å². The van der Waals surface area contributed by atoms with E-state index in [0.29, 0.717) is 5.02 Å². The summed E-state index contributed by atoms with van der Waals surface area (Å²) in [6.07, 6.45) is 0. The molecular weight excluding hydrogens is 254 g/mol. The number of aliphatic carboxylic acids is 1. The number of hydrogen-bond acceptors (Lipinski definition) is 2. The molecule has 0 bridgehead atoms. The quantitative estimate of drug-likeness (QED) is 0.826. The van der Waals surface area contributed by atoms with Crippen molar-refractivity contribution in [1.82, 2.24) is 5.32 Å². The van der Waals surface area contributed by atoms with Gasteiger partial charge in [0.05, 0.1) is 6.04 Å². The Hall–Kier alpha value is -1.55. The number of carboxylic acid groups (broad SMARTS) is 1. The average molecular weight is 270 g/mol. The fourth-order valence-corrected chi connectivity index (χ4v) is 1.43. The monoisotopic (exact) mass is 269 g/mol. The molecule has 0 saturated carbocycles. The molecule has 1 unspecified atom stereocenters. The lowest BCUT2D eigenvalue weighted by molar-refractivity contribution is -0.153. The van der Waals surface area contributed by atoms with Gasteiger partial charge in [0.15, 0.2) is 0 Å². The second-order valence-electron chi connectivity index (χ2n) is 4.68. The molecule has 2 N–H and O–H groups in total. The topological polar surface area (TPSA) is 66.4 Å². The predicted octanol–water partition coefficient (Wildman–Crippen LogP) is 2.63. The summed E-state index contributed by atoms with van der Waals surface area (Å²) < 4.78 is 0. The maximum atomic E-state index is 11.8. The van der Waals surface area contributed by atoms with Crippen molar-refractivity contribution in [2.75, 3.05) is 0 Å². The second-order valence-corrected chi connectivity index (χ2v) is 5.11. The number of hydrogen-bond donors (Lipinski definition) is 2. The normalized spacial score (nSPS) is 12.9.